The van der Waals surface area contributed by atoms with Crippen LogP contribution in [-0.4, -0.2) is 22.9 Å². The van der Waals surface area contributed by atoms with Crippen molar-refractivity contribution in [1.82, 2.24) is 0 Å². The van der Waals surface area contributed by atoms with Crippen LogP contribution >= 0.6 is 0 Å². The normalized spacial score (nSPS) is 13.3. The third kappa shape index (κ3) is 13.7. The highest BCUT2D eigenvalue weighted by molar-refractivity contribution is 4.81. The fourth-order valence-corrected chi connectivity index (χ4v) is 2.04. The Morgan fingerprint density at radius 2 is 1.44 bits per heavy atom. The summed E-state index contributed by atoms with van der Waals surface area (Å²) in [6.07, 6.45) is 16.9. The summed E-state index contributed by atoms with van der Waals surface area (Å²) in [5, 5.41) is 18.0. The number of hydrogen-bond donors (Lipinski definition) is 2. The van der Waals surface area contributed by atoms with E-state index in [2.05, 4.69) is 19.1 Å². The first-order valence-corrected chi connectivity index (χ1v) is 7.75. The van der Waals surface area contributed by atoms with Crippen molar-refractivity contribution in [3.8, 4) is 0 Å². The maximum absolute atomic E-state index is 9.41. The molecular formula is C16H32O2. The highest BCUT2D eigenvalue weighted by Crippen LogP contribution is 2.08. The monoisotopic (exact) mass is 256 g/mol. The van der Waals surface area contributed by atoms with Crippen LogP contribution in [0.3, 0.4) is 0 Å². The zero-order valence-electron chi connectivity index (χ0n) is 12.1. The van der Waals surface area contributed by atoms with Gasteiger partial charge in [0.25, 0.3) is 0 Å². The standard InChI is InChI=1S/C16H32O2/c1-2-3-4-5-6-7-8-9-10-11-12-13-16(18)14-15-17/h9-10,16-18H,2-8,11-15H2,1H3. The van der Waals surface area contributed by atoms with Crippen LogP contribution in [0, 0.1) is 0 Å². The topological polar surface area (TPSA) is 40.5 Å². The van der Waals surface area contributed by atoms with Gasteiger partial charge in [0.05, 0.1) is 6.10 Å². The molecule has 0 aliphatic rings. The van der Waals surface area contributed by atoms with Crippen LogP contribution in [0.2, 0.25) is 0 Å². The lowest BCUT2D eigenvalue weighted by molar-refractivity contribution is 0.123. The van der Waals surface area contributed by atoms with Crippen LogP contribution < -0.4 is 0 Å². The van der Waals surface area contributed by atoms with Crippen molar-refractivity contribution in [2.75, 3.05) is 6.61 Å². The Morgan fingerprint density at radius 3 is 2.11 bits per heavy atom. The lowest BCUT2D eigenvalue weighted by Gasteiger charge is -2.06. The lowest BCUT2D eigenvalue weighted by atomic mass is 10.1. The average Bonchev–Trinajstić information content (AvgIpc) is 2.36. The van der Waals surface area contributed by atoms with Gasteiger partial charge in [-0.05, 0) is 38.5 Å². The molecule has 0 heterocycles. The van der Waals surface area contributed by atoms with Crippen molar-refractivity contribution in [2.24, 2.45) is 0 Å². The lowest BCUT2D eigenvalue weighted by Crippen LogP contribution is -2.07. The Morgan fingerprint density at radius 1 is 0.833 bits per heavy atom. The summed E-state index contributed by atoms with van der Waals surface area (Å²) in [5.41, 5.74) is 0. The van der Waals surface area contributed by atoms with Gasteiger partial charge in [-0.15, -0.1) is 0 Å². The van der Waals surface area contributed by atoms with Gasteiger partial charge >= 0.3 is 0 Å². The van der Waals surface area contributed by atoms with E-state index >= 15 is 0 Å². The second kappa shape index (κ2) is 14.7. The molecule has 0 aromatic carbocycles. The average molecular weight is 256 g/mol. The Balaban J connectivity index is 3.13. The fourth-order valence-electron chi connectivity index (χ4n) is 2.04. The fraction of sp³-hybridized carbons (Fsp3) is 0.875. The summed E-state index contributed by atoms with van der Waals surface area (Å²) in [5.74, 6) is 0. The first kappa shape index (κ1) is 17.7. The number of aliphatic hydroxyl groups is 2. The minimum atomic E-state index is -0.318. The van der Waals surface area contributed by atoms with E-state index in [-0.39, 0.29) is 12.7 Å². The third-order valence-electron chi connectivity index (χ3n) is 3.26. The largest absolute Gasteiger partial charge is 0.396 e. The number of unbranched alkanes of at least 4 members (excludes halogenated alkanes) is 7. The predicted octanol–water partition coefficient (Wildman–Crippen LogP) is 4.21. The van der Waals surface area contributed by atoms with Gasteiger partial charge in [-0.25, -0.2) is 0 Å². The first-order valence-electron chi connectivity index (χ1n) is 7.75. The molecule has 18 heavy (non-hydrogen) atoms. The molecule has 2 nitrogen and oxygen atoms in total. The predicted molar refractivity (Wildman–Crippen MR) is 78.7 cm³/mol. The Kier molecular flexibility index (Phi) is 14.4. The summed E-state index contributed by atoms with van der Waals surface area (Å²) in [6.45, 7) is 2.34. The molecule has 1 atom stereocenters. The molecule has 0 fully saturated rings. The molecule has 2 N–H and O–H groups in total. The van der Waals surface area contributed by atoms with Gasteiger partial charge in [0.15, 0.2) is 0 Å². The molecule has 0 aromatic heterocycles. The Hall–Kier alpha value is -0.340. The van der Waals surface area contributed by atoms with Gasteiger partial charge in [-0.1, -0.05) is 51.2 Å². The zero-order chi connectivity index (χ0) is 13.5. The summed E-state index contributed by atoms with van der Waals surface area (Å²) in [4.78, 5) is 0. The van der Waals surface area contributed by atoms with Crippen LogP contribution in [0.25, 0.3) is 0 Å². The van der Waals surface area contributed by atoms with E-state index in [0.717, 1.165) is 19.3 Å². The van der Waals surface area contributed by atoms with Crippen LogP contribution in [-0.2, 0) is 0 Å². The van der Waals surface area contributed by atoms with E-state index < -0.39 is 0 Å². The summed E-state index contributed by atoms with van der Waals surface area (Å²) >= 11 is 0. The molecule has 0 spiro atoms. The zero-order valence-corrected chi connectivity index (χ0v) is 12.1. The van der Waals surface area contributed by atoms with Crippen molar-refractivity contribution in [2.45, 2.75) is 83.7 Å². The minimum Gasteiger partial charge on any atom is -0.396 e. The van der Waals surface area contributed by atoms with E-state index in [0.29, 0.717) is 6.42 Å². The quantitative estimate of drug-likeness (QED) is 0.383. The molecule has 0 radical (unpaired) electrons. The van der Waals surface area contributed by atoms with Gasteiger partial charge in [0.2, 0.25) is 0 Å². The molecule has 0 aliphatic heterocycles. The SMILES string of the molecule is CCCCCCCCC=CCCCC(O)CCO. The van der Waals surface area contributed by atoms with Gasteiger partial charge in [0, 0.05) is 6.61 Å². The molecule has 2 heteroatoms. The minimum absolute atomic E-state index is 0.0923. The molecule has 0 rings (SSSR count). The van der Waals surface area contributed by atoms with Crippen LogP contribution in [0.5, 0.6) is 0 Å². The third-order valence-corrected chi connectivity index (χ3v) is 3.26. The number of allylic oxidation sites excluding steroid dienone is 2. The van der Waals surface area contributed by atoms with E-state index in [1.807, 2.05) is 0 Å². The van der Waals surface area contributed by atoms with Crippen molar-refractivity contribution in [3.05, 3.63) is 12.2 Å². The van der Waals surface area contributed by atoms with E-state index in [9.17, 15) is 5.11 Å². The number of hydrogen-bond acceptors (Lipinski definition) is 2. The summed E-state index contributed by atoms with van der Waals surface area (Å²) in [6, 6.07) is 0. The second-order valence-electron chi connectivity index (χ2n) is 5.12. The van der Waals surface area contributed by atoms with Crippen molar-refractivity contribution >= 4 is 0 Å². The highest BCUT2D eigenvalue weighted by Gasteiger charge is 2.00. The van der Waals surface area contributed by atoms with Crippen molar-refractivity contribution in [1.29, 1.82) is 0 Å². The molecular weight excluding hydrogens is 224 g/mol. The van der Waals surface area contributed by atoms with Gasteiger partial charge in [-0.3, -0.25) is 0 Å². The highest BCUT2D eigenvalue weighted by atomic mass is 16.3. The summed E-state index contributed by atoms with van der Waals surface area (Å²) < 4.78 is 0. The molecule has 0 saturated carbocycles. The molecule has 0 aliphatic carbocycles. The van der Waals surface area contributed by atoms with E-state index in [4.69, 9.17) is 5.11 Å². The molecule has 0 saturated heterocycles. The Labute approximate surface area is 113 Å². The smallest absolute Gasteiger partial charge is 0.0562 e. The van der Waals surface area contributed by atoms with Crippen molar-refractivity contribution in [3.63, 3.8) is 0 Å². The van der Waals surface area contributed by atoms with E-state index in [1.54, 1.807) is 0 Å². The number of rotatable bonds is 13. The van der Waals surface area contributed by atoms with Crippen molar-refractivity contribution < 1.29 is 10.2 Å². The maximum atomic E-state index is 9.41. The van der Waals surface area contributed by atoms with E-state index in [1.165, 1.54) is 44.9 Å². The molecule has 0 aromatic rings. The molecule has 1 unspecified atom stereocenters. The van der Waals surface area contributed by atoms with Crippen LogP contribution in [0.4, 0.5) is 0 Å². The number of aliphatic hydroxyl groups excluding tert-OH is 2. The second-order valence-corrected chi connectivity index (χ2v) is 5.12. The maximum Gasteiger partial charge on any atom is 0.0562 e. The van der Waals surface area contributed by atoms with Gasteiger partial charge in [-0.2, -0.15) is 0 Å². The van der Waals surface area contributed by atoms with Crippen LogP contribution in [0.15, 0.2) is 12.2 Å². The molecule has 0 bridgehead atoms. The molecule has 108 valence electrons. The van der Waals surface area contributed by atoms with Gasteiger partial charge < -0.3 is 10.2 Å². The Bertz CT molecular complexity index is 178. The van der Waals surface area contributed by atoms with Gasteiger partial charge in [0.1, 0.15) is 0 Å². The van der Waals surface area contributed by atoms with Crippen LogP contribution in [0.1, 0.15) is 77.6 Å². The molecule has 0 amide bonds. The summed E-state index contributed by atoms with van der Waals surface area (Å²) in [7, 11) is 0. The first-order chi connectivity index (χ1) is 8.81.